The topological polar surface area (TPSA) is 25.8 Å². The summed E-state index contributed by atoms with van der Waals surface area (Å²) >= 11 is 0. The number of aromatic nitrogens is 2. The third-order valence-electron chi connectivity index (χ3n) is 4.56. The molecule has 132 valence electrons. The monoisotopic (exact) mass is 334 g/mol. The molecule has 0 amide bonds. The average Bonchev–Trinajstić information content (AvgIpc) is 2.86. The van der Waals surface area contributed by atoms with Crippen LogP contribution in [0.5, 0.6) is 0 Å². The third kappa shape index (κ3) is 5.12. The van der Waals surface area contributed by atoms with Crippen LogP contribution in [0.1, 0.15) is 68.1 Å². The number of allylic oxidation sites excluding steroid dienone is 2. The molecule has 0 bridgehead atoms. The van der Waals surface area contributed by atoms with Crippen molar-refractivity contribution in [1.29, 1.82) is 0 Å². The van der Waals surface area contributed by atoms with Crippen LogP contribution in [-0.4, -0.2) is 9.97 Å². The van der Waals surface area contributed by atoms with Crippen LogP contribution in [0, 0.1) is 0 Å². The summed E-state index contributed by atoms with van der Waals surface area (Å²) < 4.78 is 0. The molecule has 25 heavy (non-hydrogen) atoms. The van der Waals surface area contributed by atoms with Crippen molar-refractivity contribution in [2.24, 2.45) is 0 Å². The first-order valence-electron chi connectivity index (χ1n) is 9.49. The Balaban J connectivity index is 0.00000109. The predicted octanol–water partition coefficient (Wildman–Crippen LogP) is 6.06. The number of fused-ring (bicyclic) bond motifs is 1. The van der Waals surface area contributed by atoms with Gasteiger partial charge in [-0.05, 0) is 62.1 Å². The van der Waals surface area contributed by atoms with Crippen molar-refractivity contribution in [2.75, 3.05) is 0 Å². The van der Waals surface area contributed by atoms with E-state index in [0.717, 1.165) is 32.1 Å². The van der Waals surface area contributed by atoms with Crippen LogP contribution in [-0.2, 0) is 19.3 Å². The molecule has 0 atom stereocenters. The molecule has 1 aromatic carbocycles. The minimum atomic E-state index is 1.01. The predicted molar refractivity (Wildman–Crippen MR) is 109 cm³/mol. The maximum atomic E-state index is 4.58. The fourth-order valence-electron chi connectivity index (χ4n) is 3.27. The Labute approximate surface area is 152 Å². The third-order valence-corrected chi connectivity index (χ3v) is 4.56. The van der Waals surface area contributed by atoms with Crippen LogP contribution < -0.4 is 0 Å². The second-order valence-electron chi connectivity index (χ2n) is 6.22. The van der Waals surface area contributed by atoms with Crippen LogP contribution in [0.15, 0.2) is 43.2 Å². The van der Waals surface area contributed by atoms with Gasteiger partial charge in [-0.3, -0.25) is 0 Å². The van der Waals surface area contributed by atoms with Gasteiger partial charge in [0.25, 0.3) is 0 Å². The van der Waals surface area contributed by atoms with E-state index < -0.39 is 0 Å². The summed E-state index contributed by atoms with van der Waals surface area (Å²) in [5, 5.41) is 0. The molecule has 2 aromatic rings. The molecule has 1 aliphatic rings. The SMILES string of the molecule is C=Cc1ccc(CCCc2ncnc3c2C(C)=CCCC3)cc1.CC. The number of nitrogens with zero attached hydrogens (tertiary/aromatic N) is 2. The minimum absolute atomic E-state index is 1.01. The van der Waals surface area contributed by atoms with Crippen molar-refractivity contribution < 1.29 is 0 Å². The van der Waals surface area contributed by atoms with Gasteiger partial charge in [-0.15, -0.1) is 0 Å². The van der Waals surface area contributed by atoms with Crippen LogP contribution in [0.2, 0.25) is 0 Å². The van der Waals surface area contributed by atoms with E-state index in [-0.39, 0.29) is 0 Å². The Morgan fingerprint density at radius 1 is 1.08 bits per heavy atom. The quantitative estimate of drug-likeness (QED) is 0.664. The lowest BCUT2D eigenvalue weighted by Gasteiger charge is -2.12. The summed E-state index contributed by atoms with van der Waals surface area (Å²) in [6, 6.07) is 8.66. The second kappa shape index (κ2) is 9.93. The lowest BCUT2D eigenvalue weighted by Crippen LogP contribution is -2.04. The summed E-state index contributed by atoms with van der Waals surface area (Å²) in [6.45, 7) is 10.00. The Bertz CT molecular complexity index is 711. The lowest BCUT2D eigenvalue weighted by atomic mass is 9.98. The van der Waals surface area contributed by atoms with Crippen molar-refractivity contribution in [3.05, 3.63) is 71.3 Å². The van der Waals surface area contributed by atoms with Gasteiger partial charge in [0.05, 0.1) is 11.4 Å². The van der Waals surface area contributed by atoms with E-state index in [0.29, 0.717) is 0 Å². The number of hydrogen-bond acceptors (Lipinski definition) is 2. The number of benzene rings is 1. The van der Waals surface area contributed by atoms with Crippen LogP contribution >= 0.6 is 0 Å². The van der Waals surface area contributed by atoms with Gasteiger partial charge in [0.2, 0.25) is 0 Å². The fourth-order valence-corrected chi connectivity index (χ4v) is 3.27. The standard InChI is InChI=1S/C21H24N2.C2H6/c1-3-17-11-13-18(14-12-17)8-6-10-20-21-16(2)7-4-5-9-19(21)22-15-23-20;1-2/h3,7,11-15H,1,4-6,8-10H2,2H3;1-2H3. The van der Waals surface area contributed by atoms with Crippen LogP contribution in [0.3, 0.4) is 0 Å². The van der Waals surface area contributed by atoms with Gasteiger partial charge >= 0.3 is 0 Å². The van der Waals surface area contributed by atoms with Gasteiger partial charge in [-0.1, -0.05) is 56.8 Å². The highest BCUT2D eigenvalue weighted by Crippen LogP contribution is 2.26. The van der Waals surface area contributed by atoms with Crippen LogP contribution in [0.4, 0.5) is 0 Å². The van der Waals surface area contributed by atoms with E-state index in [1.54, 1.807) is 6.33 Å². The van der Waals surface area contributed by atoms with Gasteiger partial charge < -0.3 is 0 Å². The Hall–Kier alpha value is -2.22. The highest BCUT2D eigenvalue weighted by atomic mass is 14.8. The second-order valence-corrected chi connectivity index (χ2v) is 6.22. The van der Waals surface area contributed by atoms with E-state index in [2.05, 4.69) is 53.8 Å². The Morgan fingerprint density at radius 2 is 1.84 bits per heavy atom. The smallest absolute Gasteiger partial charge is 0.115 e. The van der Waals surface area contributed by atoms with Gasteiger partial charge in [0, 0.05) is 5.56 Å². The molecular weight excluding hydrogens is 304 g/mol. The molecule has 0 saturated heterocycles. The molecule has 1 heterocycles. The van der Waals surface area contributed by atoms with Crippen LogP contribution in [0.25, 0.3) is 11.6 Å². The molecular formula is C23H30N2. The summed E-state index contributed by atoms with van der Waals surface area (Å²) in [5.41, 5.74) is 7.67. The van der Waals surface area contributed by atoms with Crippen molar-refractivity contribution in [2.45, 2.75) is 59.3 Å². The molecule has 0 unspecified atom stereocenters. The molecule has 3 rings (SSSR count). The van der Waals surface area contributed by atoms with E-state index in [1.165, 1.54) is 40.1 Å². The highest BCUT2D eigenvalue weighted by molar-refractivity contribution is 5.68. The normalized spacial score (nSPS) is 13.0. The minimum Gasteiger partial charge on any atom is -0.241 e. The molecule has 0 spiro atoms. The highest BCUT2D eigenvalue weighted by Gasteiger charge is 2.14. The molecule has 0 radical (unpaired) electrons. The van der Waals surface area contributed by atoms with Crippen molar-refractivity contribution in [3.63, 3.8) is 0 Å². The lowest BCUT2D eigenvalue weighted by molar-refractivity contribution is 0.774. The van der Waals surface area contributed by atoms with Gasteiger partial charge in [0.15, 0.2) is 0 Å². The zero-order chi connectivity index (χ0) is 18.1. The first-order valence-corrected chi connectivity index (χ1v) is 9.49. The van der Waals surface area contributed by atoms with E-state index in [4.69, 9.17) is 0 Å². The summed E-state index contributed by atoms with van der Waals surface area (Å²) in [5.74, 6) is 0. The molecule has 1 aliphatic carbocycles. The number of hydrogen-bond donors (Lipinski definition) is 0. The summed E-state index contributed by atoms with van der Waals surface area (Å²) in [7, 11) is 0. The Kier molecular flexibility index (Phi) is 7.59. The van der Waals surface area contributed by atoms with Gasteiger partial charge in [-0.25, -0.2) is 9.97 Å². The summed E-state index contributed by atoms with van der Waals surface area (Å²) in [4.78, 5) is 9.09. The molecule has 0 N–H and O–H groups in total. The van der Waals surface area contributed by atoms with E-state index in [1.807, 2.05) is 19.9 Å². The average molecular weight is 335 g/mol. The fraction of sp³-hybridized carbons (Fsp3) is 0.391. The molecule has 2 heteroatoms. The maximum absolute atomic E-state index is 4.58. The van der Waals surface area contributed by atoms with Gasteiger partial charge in [0.1, 0.15) is 6.33 Å². The Morgan fingerprint density at radius 3 is 2.56 bits per heavy atom. The molecule has 0 aliphatic heterocycles. The molecule has 1 aromatic heterocycles. The first-order chi connectivity index (χ1) is 12.3. The largest absolute Gasteiger partial charge is 0.241 e. The first kappa shape index (κ1) is 19.1. The molecule has 0 fully saturated rings. The van der Waals surface area contributed by atoms with Crippen molar-refractivity contribution in [3.8, 4) is 0 Å². The zero-order valence-corrected chi connectivity index (χ0v) is 15.9. The van der Waals surface area contributed by atoms with Gasteiger partial charge in [-0.2, -0.15) is 0 Å². The molecule has 2 nitrogen and oxygen atoms in total. The maximum Gasteiger partial charge on any atom is 0.115 e. The van der Waals surface area contributed by atoms with Crippen molar-refractivity contribution >= 4 is 11.6 Å². The van der Waals surface area contributed by atoms with E-state index >= 15 is 0 Å². The summed E-state index contributed by atoms with van der Waals surface area (Å²) in [6.07, 6.45) is 12.6. The molecule has 0 saturated carbocycles. The van der Waals surface area contributed by atoms with E-state index in [9.17, 15) is 0 Å². The zero-order valence-electron chi connectivity index (χ0n) is 15.9. The number of rotatable bonds is 5. The van der Waals surface area contributed by atoms with Crippen molar-refractivity contribution in [1.82, 2.24) is 9.97 Å². The number of aryl methyl sites for hydroxylation is 3.